The van der Waals surface area contributed by atoms with Crippen molar-refractivity contribution in [2.24, 2.45) is 0 Å². The molecule has 1 N–H and O–H groups in total. The third-order valence-corrected chi connectivity index (χ3v) is 6.67. The van der Waals surface area contributed by atoms with Gasteiger partial charge in [0.25, 0.3) is 0 Å². The molecule has 0 fully saturated rings. The second-order valence-electron chi connectivity index (χ2n) is 8.87. The summed E-state index contributed by atoms with van der Waals surface area (Å²) >= 11 is 0. The molecular formula is C33H36O5. The lowest BCUT2D eigenvalue weighted by Crippen LogP contribution is -2.35. The minimum Gasteiger partial charge on any atom is -0.491 e. The molecule has 5 nitrogen and oxygen atoms in total. The number of ketones is 1. The first kappa shape index (κ1) is 27.4. The number of aliphatic hydroxyl groups is 1. The number of carbonyl (C=O) groups excluding carboxylic acids is 1. The third kappa shape index (κ3) is 5.04. The summed E-state index contributed by atoms with van der Waals surface area (Å²) in [6.45, 7) is 7.99. The number of ether oxygens (including phenoxy) is 3. The number of hydrogen-bond acceptors (Lipinski definition) is 5. The van der Waals surface area contributed by atoms with Crippen molar-refractivity contribution in [3.8, 4) is 11.5 Å². The predicted octanol–water partition coefficient (Wildman–Crippen LogP) is 6.57. The van der Waals surface area contributed by atoms with Gasteiger partial charge in [0.15, 0.2) is 5.78 Å². The average molecular weight is 513 g/mol. The molecule has 0 radical (unpaired) electrons. The highest BCUT2D eigenvalue weighted by molar-refractivity contribution is 6.23. The number of Topliss-reactive ketones (excluding diaryl/α,β-unsaturated/α-hetero) is 1. The maximum atomic E-state index is 14.3. The SMILES string of the molecule is CC.CCCOCCOc1ccc(C2(c3ccc(OCCO)cc3)C(=O)c3cccc4cccc2c34)cc1. The Kier molecular flexibility index (Phi) is 9.16. The number of hydrogen-bond donors (Lipinski definition) is 1. The average Bonchev–Trinajstić information content (AvgIpc) is 3.23. The number of rotatable bonds is 11. The van der Waals surface area contributed by atoms with Crippen molar-refractivity contribution in [2.45, 2.75) is 32.6 Å². The predicted molar refractivity (Wildman–Crippen MR) is 152 cm³/mol. The van der Waals surface area contributed by atoms with Crippen molar-refractivity contribution >= 4 is 16.6 Å². The van der Waals surface area contributed by atoms with Crippen molar-refractivity contribution in [3.05, 3.63) is 107 Å². The maximum absolute atomic E-state index is 14.3. The van der Waals surface area contributed by atoms with Crippen LogP contribution in [0.15, 0.2) is 84.9 Å². The Morgan fingerprint density at radius 1 is 0.711 bits per heavy atom. The van der Waals surface area contributed by atoms with Gasteiger partial charge in [-0.3, -0.25) is 4.79 Å². The fourth-order valence-corrected chi connectivity index (χ4v) is 5.14. The van der Waals surface area contributed by atoms with E-state index < -0.39 is 5.41 Å². The van der Waals surface area contributed by atoms with Gasteiger partial charge >= 0.3 is 0 Å². The molecule has 1 aliphatic carbocycles. The molecule has 0 heterocycles. The monoisotopic (exact) mass is 512 g/mol. The highest BCUT2D eigenvalue weighted by atomic mass is 16.5. The molecule has 0 aliphatic heterocycles. The topological polar surface area (TPSA) is 65.0 Å². The zero-order valence-electron chi connectivity index (χ0n) is 22.4. The molecule has 4 aromatic carbocycles. The molecule has 0 bridgehead atoms. The lowest BCUT2D eigenvalue weighted by molar-refractivity contribution is 0.0944. The second kappa shape index (κ2) is 12.7. The maximum Gasteiger partial charge on any atom is 0.182 e. The van der Waals surface area contributed by atoms with Crippen LogP contribution in [0, 0.1) is 0 Å². The van der Waals surface area contributed by atoms with Crippen molar-refractivity contribution in [1.82, 2.24) is 0 Å². The van der Waals surface area contributed by atoms with Crippen LogP contribution in [0.3, 0.4) is 0 Å². The summed E-state index contributed by atoms with van der Waals surface area (Å²) in [5.74, 6) is 1.45. The van der Waals surface area contributed by atoms with Crippen LogP contribution in [0.2, 0.25) is 0 Å². The fourth-order valence-electron chi connectivity index (χ4n) is 5.14. The van der Waals surface area contributed by atoms with E-state index in [1.165, 1.54) is 0 Å². The van der Waals surface area contributed by atoms with Gasteiger partial charge < -0.3 is 19.3 Å². The normalized spacial score (nSPS) is 15.7. The summed E-state index contributed by atoms with van der Waals surface area (Å²) in [6.07, 6.45) is 0.981. The lowest BCUT2D eigenvalue weighted by atomic mass is 9.69. The number of carbonyl (C=O) groups is 1. The van der Waals surface area contributed by atoms with Crippen LogP contribution in [-0.4, -0.2) is 43.9 Å². The van der Waals surface area contributed by atoms with Gasteiger partial charge in [0.1, 0.15) is 30.1 Å². The van der Waals surface area contributed by atoms with Crippen LogP contribution < -0.4 is 9.47 Å². The zero-order valence-corrected chi connectivity index (χ0v) is 22.4. The quantitative estimate of drug-likeness (QED) is 0.230. The van der Waals surface area contributed by atoms with Gasteiger partial charge in [-0.1, -0.05) is 81.4 Å². The van der Waals surface area contributed by atoms with Gasteiger partial charge in [-0.2, -0.15) is 0 Å². The van der Waals surface area contributed by atoms with E-state index in [1.807, 2.05) is 80.6 Å². The molecule has 1 atom stereocenters. The van der Waals surface area contributed by atoms with E-state index in [0.29, 0.717) is 19.0 Å². The third-order valence-electron chi connectivity index (χ3n) is 6.67. The minimum absolute atomic E-state index is 0.0549. The van der Waals surface area contributed by atoms with E-state index in [-0.39, 0.29) is 19.0 Å². The molecule has 0 spiro atoms. The van der Waals surface area contributed by atoms with E-state index in [2.05, 4.69) is 25.1 Å². The molecule has 5 rings (SSSR count). The van der Waals surface area contributed by atoms with E-state index >= 15 is 0 Å². The molecule has 4 aromatic rings. The molecule has 0 saturated carbocycles. The van der Waals surface area contributed by atoms with Crippen molar-refractivity contribution in [3.63, 3.8) is 0 Å². The summed E-state index contributed by atoms with van der Waals surface area (Å²) in [5, 5.41) is 11.1. The molecule has 5 heteroatoms. The lowest BCUT2D eigenvalue weighted by Gasteiger charge is -2.31. The Balaban J connectivity index is 0.00000164. The second-order valence-corrected chi connectivity index (χ2v) is 8.87. The smallest absolute Gasteiger partial charge is 0.182 e. The van der Waals surface area contributed by atoms with Crippen LogP contribution >= 0.6 is 0 Å². The summed E-state index contributed by atoms with van der Waals surface area (Å²) < 4.78 is 16.9. The minimum atomic E-state index is -0.985. The van der Waals surface area contributed by atoms with Crippen LogP contribution in [-0.2, 0) is 10.2 Å². The Hall–Kier alpha value is -3.67. The largest absolute Gasteiger partial charge is 0.491 e. The molecule has 198 valence electrons. The molecular weight excluding hydrogens is 476 g/mol. The summed E-state index contributed by atoms with van der Waals surface area (Å²) in [4.78, 5) is 14.3. The van der Waals surface area contributed by atoms with Gasteiger partial charge in [-0.05, 0) is 58.1 Å². The Morgan fingerprint density at radius 3 is 1.87 bits per heavy atom. The van der Waals surface area contributed by atoms with Crippen LogP contribution in [0.1, 0.15) is 54.2 Å². The standard InChI is InChI=1S/C31H30O5.C2H6/c1-2-18-34-20-21-36-26-15-11-24(12-16-26)31(23-9-13-25(14-10-23)35-19-17-32)28-8-4-6-22-5-3-7-27(29(22)28)30(31)33;1-2/h3-16,32H,2,17-21H2,1H3;1-2H3. The molecule has 1 aliphatic rings. The van der Waals surface area contributed by atoms with Gasteiger partial charge in [-0.25, -0.2) is 0 Å². The Bertz CT molecular complexity index is 1340. The van der Waals surface area contributed by atoms with Crippen LogP contribution in [0.4, 0.5) is 0 Å². The van der Waals surface area contributed by atoms with Gasteiger partial charge in [0.2, 0.25) is 0 Å². The van der Waals surface area contributed by atoms with E-state index in [0.717, 1.165) is 51.8 Å². The van der Waals surface area contributed by atoms with E-state index in [4.69, 9.17) is 19.3 Å². The van der Waals surface area contributed by atoms with Gasteiger partial charge in [-0.15, -0.1) is 0 Å². The first-order valence-electron chi connectivity index (χ1n) is 13.4. The molecule has 1 unspecified atom stereocenters. The van der Waals surface area contributed by atoms with Crippen molar-refractivity contribution < 1.29 is 24.1 Å². The first-order chi connectivity index (χ1) is 18.7. The molecule has 0 aromatic heterocycles. The highest BCUT2D eigenvalue weighted by Gasteiger charge is 2.50. The molecule has 0 amide bonds. The highest BCUT2D eigenvalue weighted by Crippen LogP contribution is 2.51. The van der Waals surface area contributed by atoms with E-state index in [9.17, 15) is 4.79 Å². The summed E-state index contributed by atoms with van der Waals surface area (Å²) in [7, 11) is 0. The molecule has 0 saturated heterocycles. The molecule has 38 heavy (non-hydrogen) atoms. The first-order valence-corrected chi connectivity index (χ1v) is 13.4. The van der Waals surface area contributed by atoms with Crippen LogP contribution in [0.25, 0.3) is 10.8 Å². The Morgan fingerprint density at radius 2 is 1.29 bits per heavy atom. The van der Waals surface area contributed by atoms with Crippen LogP contribution in [0.5, 0.6) is 11.5 Å². The number of benzene rings is 4. The van der Waals surface area contributed by atoms with Gasteiger partial charge in [0.05, 0.1) is 13.2 Å². The zero-order chi connectivity index (χ0) is 27.0. The number of aliphatic hydroxyl groups excluding tert-OH is 1. The summed E-state index contributed by atoms with van der Waals surface area (Å²) in [6, 6.07) is 27.5. The fraction of sp³-hybridized carbons (Fsp3) is 0.303. The van der Waals surface area contributed by atoms with Gasteiger partial charge in [0, 0.05) is 12.2 Å². The summed E-state index contributed by atoms with van der Waals surface area (Å²) in [5.41, 5.74) is 2.48. The van der Waals surface area contributed by atoms with Crippen molar-refractivity contribution in [2.75, 3.05) is 33.0 Å². The van der Waals surface area contributed by atoms with E-state index in [1.54, 1.807) is 0 Å². The van der Waals surface area contributed by atoms with Crippen molar-refractivity contribution in [1.29, 1.82) is 0 Å². The Labute approximate surface area is 225 Å².